The van der Waals surface area contributed by atoms with Crippen molar-refractivity contribution in [3.05, 3.63) is 12.3 Å². The van der Waals surface area contributed by atoms with Gasteiger partial charge < -0.3 is 10.5 Å². The van der Waals surface area contributed by atoms with Gasteiger partial charge in [-0.1, -0.05) is 0 Å². The second-order valence-electron chi connectivity index (χ2n) is 1.43. The first kappa shape index (κ1) is 5.15. The highest BCUT2D eigenvalue weighted by molar-refractivity contribution is 5.88. The monoisotopic (exact) mass is 112 g/mol. The molecule has 0 aromatic heterocycles. The van der Waals surface area contributed by atoms with Crippen LogP contribution >= 0.6 is 0 Å². The van der Waals surface area contributed by atoms with Crippen LogP contribution in [0.25, 0.3) is 0 Å². The topological polar surface area (TPSA) is 47.6 Å². The number of ether oxygens (including phenoxy) is 1. The van der Waals surface area contributed by atoms with Crippen LogP contribution in [0.1, 0.15) is 0 Å². The first-order valence-corrected chi connectivity index (χ1v) is 2.49. The smallest absolute Gasteiger partial charge is 0.210 e. The van der Waals surface area contributed by atoms with Gasteiger partial charge in [0.1, 0.15) is 6.61 Å². The molecule has 44 valence electrons. The maximum atomic E-state index is 5.07. The van der Waals surface area contributed by atoms with Crippen molar-refractivity contribution in [2.75, 3.05) is 13.2 Å². The Balaban J connectivity index is 2.45. The maximum absolute atomic E-state index is 5.07. The van der Waals surface area contributed by atoms with E-state index < -0.39 is 0 Å². The summed E-state index contributed by atoms with van der Waals surface area (Å²) >= 11 is 0. The second-order valence-corrected chi connectivity index (χ2v) is 1.43. The number of nitrogens with two attached hydrogens (primary N) is 1. The predicted molar refractivity (Wildman–Crippen MR) is 31.6 cm³/mol. The summed E-state index contributed by atoms with van der Waals surface area (Å²) in [6.07, 6.45) is 3.07. The van der Waals surface area contributed by atoms with Crippen molar-refractivity contribution in [1.82, 2.24) is 0 Å². The summed E-state index contributed by atoms with van der Waals surface area (Å²) in [6, 6.07) is 0. The standard InChI is InChI=1S/C5H8N2O/c6-2-1-5-7-3-4-8-5/h1-2H,3-4,6H2/b2-1-. The Hall–Kier alpha value is -0.990. The van der Waals surface area contributed by atoms with E-state index in [1.54, 1.807) is 6.08 Å². The van der Waals surface area contributed by atoms with Gasteiger partial charge >= 0.3 is 0 Å². The van der Waals surface area contributed by atoms with Crippen molar-refractivity contribution in [2.24, 2.45) is 10.7 Å². The van der Waals surface area contributed by atoms with E-state index in [2.05, 4.69) is 4.99 Å². The van der Waals surface area contributed by atoms with Gasteiger partial charge in [0.25, 0.3) is 0 Å². The molecule has 8 heavy (non-hydrogen) atoms. The third kappa shape index (κ3) is 0.992. The van der Waals surface area contributed by atoms with Crippen LogP contribution in [0.15, 0.2) is 17.3 Å². The highest BCUT2D eigenvalue weighted by Gasteiger charge is 2.00. The largest absolute Gasteiger partial charge is 0.476 e. The molecule has 0 unspecified atom stereocenters. The van der Waals surface area contributed by atoms with Crippen molar-refractivity contribution < 1.29 is 4.74 Å². The lowest BCUT2D eigenvalue weighted by atomic mass is 10.6. The zero-order chi connectivity index (χ0) is 5.82. The lowest BCUT2D eigenvalue weighted by Gasteiger charge is -1.89. The lowest BCUT2D eigenvalue weighted by molar-refractivity contribution is 0.350. The fourth-order valence-electron chi connectivity index (χ4n) is 0.535. The fraction of sp³-hybridized carbons (Fsp3) is 0.400. The fourth-order valence-corrected chi connectivity index (χ4v) is 0.535. The molecule has 0 fully saturated rings. The minimum absolute atomic E-state index is 0.646. The van der Waals surface area contributed by atoms with Gasteiger partial charge in [0.2, 0.25) is 5.90 Å². The van der Waals surface area contributed by atoms with Gasteiger partial charge in [-0.2, -0.15) is 0 Å². The molecule has 3 heteroatoms. The van der Waals surface area contributed by atoms with Crippen LogP contribution in [-0.2, 0) is 4.74 Å². The van der Waals surface area contributed by atoms with Crippen LogP contribution in [0.5, 0.6) is 0 Å². The summed E-state index contributed by atoms with van der Waals surface area (Å²) in [7, 11) is 0. The Kier molecular flexibility index (Phi) is 1.51. The molecule has 3 nitrogen and oxygen atoms in total. The molecule has 1 rings (SSSR count). The molecule has 0 aliphatic carbocycles. The van der Waals surface area contributed by atoms with Gasteiger partial charge in [0, 0.05) is 6.08 Å². The molecule has 1 aliphatic rings. The molecule has 2 N–H and O–H groups in total. The van der Waals surface area contributed by atoms with E-state index >= 15 is 0 Å². The number of nitrogens with zero attached hydrogens (tertiary/aromatic N) is 1. The number of hydrogen-bond acceptors (Lipinski definition) is 3. The molecule has 1 aliphatic heterocycles. The third-order valence-corrected chi connectivity index (χ3v) is 0.848. The number of aliphatic imine (C=N–C) groups is 1. The van der Waals surface area contributed by atoms with E-state index in [-0.39, 0.29) is 0 Å². The van der Waals surface area contributed by atoms with Crippen LogP contribution in [0, 0.1) is 0 Å². The molecular formula is C5H8N2O. The van der Waals surface area contributed by atoms with Gasteiger partial charge in [-0.15, -0.1) is 0 Å². The van der Waals surface area contributed by atoms with Gasteiger partial charge in [0.05, 0.1) is 6.54 Å². The maximum Gasteiger partial charge on any atom is 0.210 e. The SMILES string of the molecule is N/C=C\C1=NCCO1. The average molecular weight is 112 g/mol. The molecule has 0 bridgehead atoms. The van der Waals surface area contributed by atoms with Gasteiger partial charge in [-0.25, -0.2) is 4.99 Å². The summed E-state index contributed by atoms with van der Waals surface area (Å²) in [5, 5.41) is 0. The van der Waals surface area contributed by atoms with E-state index in [4.69, 9.17) is 10.5 Å². The zero-order valence-corrected chi connectivity index (χ0v) is 4.50. The Bertz CT molecular complexity index is 128. The molecular weight excluding hydrogens is 104 g/mol. The molecule has 0 aromatic carbocycles. The van der Waals surface area contributed by atoms with Crippen molar-refractivity contribution in [1.29, 1.82) is 0 Å². The van der Waals surface area contributed by atoms with Crippen LogP contribution in [0.3, 0.4) is 0 Å². The normalized spacial score (nSPS) is 18.8. The minimum atomic E-state index is 0.646. The van der Waals surface area contributed by atoms with Gasteiger partial charge in [0.15, 0.2) is 0 Å². The summed E-state index contributed by atoms with van der Waals surface area (Å²) in [4.78, 5) is 3.95. The van der Waals surface area contributed by atoms with Crippen LogP contribution in [-0.4, -0.2) is 19.0 Å². The Morgan fingerprint density at radius 3 is 3.12 bits per heavy atom. The zero-order valence-electron chi connectivity index (χ0n) is 4.50. The lowest BCUT2D eigenvalue weighted by Crippen LogP contribution is -1.94. The van der Waals surface area contributed by atoms with Crippen LogP contribution in [0.4, 0.5) is 0 Å². The van der Waals surface area contributed by atoms with Crippen LogP contribution < -0.4 is 5.73 Å². The Morgan fingerprint density at radius 2 is 2.62 bits per heavy atom. The molecule has 0 saturated carbocycles. The van der Waals surface area contributed by atoms with Crippen molar-refractivity contribution in [3.8, 4) is 0 Å². The van der Waals surface area contributed by atoms with E-state index in [9.17, 15) is 0 Å². The molecule has 0 atom stereocenters. The van der Waals surface area contributed by atoms with Crippen LogP contribution in [0.2, 0.25) is 0 Å². The van der Waals surface area contributed by atoms with E-state index in [0.717, 1.165) is 6.54 Å². The first-order chi connectivity index (χ1) is 3.93. The Labute approximate surface area is 47.9 Å². The molecule has 0 radical (unpaired) electrons. The molecule has 0 spiro atoms. The van der Waals surface area contributed by atoms with E-state index in [1.807, 2.05) is 0 Å². The predicted octanol–water partition coefficient (Wildman–Crippen LogP) is -0.113. The summed E-state index contributed by atoms with van der Waals surface area (Å²) in [5.74, 6) is 0.646. The summed E-state index contributed by atoms with van der Waals surface area (Å²) in [5.41, 5.74) is 5.07. The first-order valence-electron chi connectivity index (χ1n) is 2.49. The quantitative estimate of drug-likeness (QED) is 0.514. The van der Waals surface area contributed by atoms with Crippen molar-refractivity contribution in [2.45, 2.75) is 0 Å². The average Bonchev–Trinajstić information content (AvgIpc) is 2.19. The van der Waals surface area contributed by atoms with Crippen molar-refractivity contribution >= 4 is 5.90 Å². The van der Waals surface area contributed by atoms with E-state index in [1.165, 1.54) is 6.20 Å². The van der Waals surface area contributed by atoms with Gasteiger partial charge in [-0.3, -0.25) is 0 Å². The highest BCUT2D eigenvalue weighted by Crippen LogP contribution is 1.93. The van der Waals surface area contributed by atoms with E-state index in [0.29, 0.717) is 12.5 Å². The second kappa shape index (κ2) is 2.35. The minimum Gasteiger partial charge on any atom is -0.476 e. The Morgan fingerprint density at radius 1 is 1.75 bits per heavy atom. The highest BCUT2D eigenvalue weighted by atomic mass is 16.5. The third-order valence-electron chi connectivity index (χ3n) is 0.848. The summed E-state index contributed by atoms with van der Waals surface area (Å²) < 4.78 is 4.98. The van der Waals surface area contributed by atoms with Gasteiger partial charge in [-0.05, 0) is 6.20 Å². The molecule has 0 saturated heterocycles. The molecule has 1 heterocycles. The summed E-state index contributed by atoms with van der Waals surface area (Å²) in [6.45, 7) is 1.46. The van der Waals surface area contributed by atoms with Crippen molar-refractivity contribution in [3.63, 3.8) is 0 Å². The molecule has 0 aromatic rings. The number of hydrogen-bond donors (Lipinski definition) is 1. The number of rotatable bonds is 1. The molecule has 0 amide bonds.